The number of hydrogen-bond acceptors (Lipinski definition) is 1. The van der Waals surface area contributed by atoms with Crippen molar-refractivity contribution in [3.63, 3.8) is 0 Å². The molecule has 0 aliphatic rings. The minimum Gasteiger partial charge on any atom is -0.385 e. The van der Waals surface area contributed by atoms with Crippen molar-refractivity contribution in [1.82, 2.24) is 0 Å². The van der Waals surface area contributed by atoms with Gasteiger partial charge < -0.3 is 5.11 Å². The van der Waals surface area contributed by atoms with Crippen LogP contribution in [0.5, 0.6) is 0 Å². The molecule has 1 nitrogen and oxygen atoms in total. The van der Waals surface area contributed by atoms with Gasteiger partial charge in [-0.25, -0.2) is 8.78 Å². The predicted octanol–water partition coefficient (Wildman–Crippen LogP) is 2.98. The highest BCUT2D eigenvalue weighted by Crippen LogP contribution is 2.28. The Morgan fingerprint density at radius 1 is 1.38 bits per heavy atom. The Morgan fingerprint density at radius 2 is 2.06 bits per heavy atom. The zero-order valence-corrected chi connectivity index (χ0v) is 9.35. The third-order valence-corrected chi connectivity index (χ3v) is 2.45. The summed E-state index contributed by atoms with van der Waals surface area (Å²) in [5.41, 5.74) is -1.42. The number of aliphatic hydroxyl groups is 1. The summed E-state index contributed by atoms with van der Waals surface area (Å²) in [6, 6.07) is 3.80. The van der Waals surface area contributed by atoms with E-state index >= 15 is 0 Å². The van der Waals surface area contributed by atoms with Gasteiger partial charge in [-0.1, -0.05) is 12.1 Å². The molecule has 0 saturated carbocycles. The fourth-order valence-electron chi connectivity index (χ4n) is 1.49. The standard InChI is InChI=1S/C13H14F2O/c1-3-4-5-9-13(2,16)10-7-6-8-11(14)12(10)15/h6-8,16H,5,9H2,1-2H3. The monoisotopic (exact) mass is 224 g/mol. The fraction of sp³-hybridized carbons (Fsp3) is 0.385. The van der Waals surface area contributed by atoms with Crippen molar-refractivity contribution < 1.29 is 13.9 Å². The minimum atomic E-state index is -1.39. The summed E-state index contributed by atoms with van der Waals surface area (Å²) < 4.78 is 26.4. The van der Waals surface area contributed by atoms with Crippen molar-refractivity contribution in [2.75, 3.05) is 0 Å². The molecule has 86 valence electrons. The smallest absolute Gasteiger partial charge is 0.164 e. The molecule has 0 spiro atoms. The number of hydrogen-bond donors (Lipinski definition) is 1. The summed E-state index contributed by atoms with van der Waals surface area (Å²) >= 11 is 0. The Hall–Kier alpha value is -1.40. The van der Waals surface area contributed by atoms with E-state index in [0.29, 0.717) is 6.42 Å². The third kappa shape index (κ3) is 2.80. The van der Waals surface area contributed by atoms with Crippen LogP contribution in [-0.2, 0) is 5.60 Å². The van der Waals surface area contributed by atoms with Crippen molar-refractivity contribution in [3.05, 3.63) is 35.4 Å². The van der Waals surface area contributed by atoms with Crippen LogP contribution in [0, 0.1) is 23.5 Å². The summed E-state index contributed by atoms with van der Waals surface area (Å²) in [4.78, 5) is 0. The summed E-state index contributed by atoms with van der Waals surface area (Å²) in [6.45, 7) is 3.15. The van der Waals surface area contributed by atoms with E-state index in [1.54, 1.807) is 6.92 Å². The second-order valence-electron chi connectivity index (χ2n) is 3.80. The molecule has 1 N–H and O–H groups in total. The van der Waals surface area contributed by atoms with Crippen molar-refractivity contribution in [2.24, 2.45) is 0 Å². The lowest BCUT2D eigenvalue weighted by Crippen LogP contribution is -2.23. The van der Waals surface area contributed by atoms with Gasteiger partial charge >= 0.3 is 0 Å². The van der Waals surface area contributed by atoms with Crippen LogP contribution in [0.3, 0.4) is 0 Å². The van der Waals surface area contributed by atoms with E-state index in [-0.39, 0.29) is 12.0 Å². The van der Waals surface area contributed by atoms with Crippen molar-refractivity contribution in [1.29, 1.82) is 0 Å². The molecule has 1 rings (SSSR count). The molecule has 1 atom stereocenters. The normalized spacial score (nSPS) is 13.8. The van der Waals surface area contributed by atoms with Crippen LogP contribution in [0.4, 0.5) is 8.78 Å². The summed E-state index contributed by atoms with van der Waals surface area (Å²) in [5.74, 6) is 3.54. The molecule has 16 heavy (non-hydrogen) atoms. The molecule has 0 heterocycles. The highest BCUT2D eigenvalue weighted by molar-refractivity contribution is 5.25. The van der Waals surface area contributed by atoms with E-state index in [2.05, 4.69) is 11.8 Å². The van der Waals surface area contributed by atoms with Crippen molar-refractivity contribution >= 4 is 0 Å². The van der Waals surface area contributed by atoms with Crippen LogP contribution >= 0.6 is 0 Å². The van der Waals surface area contributed by atoms with E-state index in [9.17, 15) is 13.9 Å². The topological polar surface area (TPSA) is 20.2 Å². The molecular weight excluding hydrogens is 210 g/mol. The maximum absolute atomic E-state index is 13.4. The van der Waals surface area contributed by atoms with Crippen molar-refractivity contribution in [3.8, 4) is 11.8 Å². The molecule has 0 bridgehead atoms. The van der Waals surface area contributed by atoms with Gasteiger partial charge in [0.25, 0.3) is 0 Å². The Balaban J connectivity index is 2.95. The Labute approximate surface area is 94.1 Å². The van der Waals surface area contributed by atoms with E-state index in [4.69, 9.17) is 0 Å². The van der Waals surface area contributed by atoms with Crippen molar-refractivity contribution in [2.45, 2.75) is 32.3 Å². The second kappa shape index (κ2) is 5.09. The molecular formula is C13H14F2O. The Kier molecular flexibility index (Phi) is 4.03. The summed E-state index contributed by atoms with van der Waals surface area (Å²) in [6.07, 6.45) is 0.716. The highest BCUT2D eigenvalue weighted by atomic mass is 19.2. The van der Waals surface area contributed by atoms with Crippen LogP contribution in [0.2, 0.25) is 0 Å². The minimum absolute atomic E-state index is 0.0228. The van der Waals surface area contributed by atoms with Gasteiger partial charge in [0.2, 0.25) is 0 Å². The SMILES string of the molecule is CC#CCCC(C)(O)c1cccc(F)c1F. The van der Waals surface area contributed by atoms with Gasteiger partial charge in [0.05, 0.1) is 5.60 Å². The highest BCUT2D eigenvalue weighted by Gasteiger charge is 2.27. The number of halogens is 2. The molecule has 0 aromatic heterocycles. The van der Waals surface area contributed by atoms with Gasteiger partial charge in [-0.05, 0) is 26.3 Å². The molecule has 0 amide bonds. The van der Waals surface area contributed by atoms with Crippen LogP contribution in [-0.4, -0.2) is 5.11 Å². The first-order chi connectivity index (χ1) is 7.49. The van der Waals surface area contributed by atoms with Gasteiger partial charge in [-0.2, -0.15) is 0 Å². The van der Waals surface area contributed by atoms with Gasteiger partial charge in [0.1, 0.15) is 0 Å². The van der Waals surface area contributed by atoms with Gasteiger partial charge in [0.15, 0.2) is 11.6 Å². The lowest BCUT2D eigenvalue weighted by molar-refractivity contribution is 0.0449. The molecule has 1 unspecified atom stereocenters. The second-order valence-corrected chi connectivity index (χ2v) is 3.80. The van der Waals surface area contributed by atoms with Gasteiger partial charge in [-0.15, -0.1) is 11.8 Å². The predicted molar refractivity (Wildman–Crippen MR) is 58.6 cm³/mol. The molecule has 0 fully saturated rings. The van der Waals surface area contributed by atoms with Crippen LogP contribution in [0.25, 0.3) is 0 Å². The van der Waals surface area contributed by atoms with Gasteiger partial charge in [0, 0.05) is 12.0 Å². The maximum Gasteiger partial charge on any atom is 0.164 e. The van der Waals surface area contributed by atoms with Crippen LogP contribution in [0.1, 0.15) is 32.3 Å². The first-order valence-corrected chi connectivity index (χ1v) is 5.05. The number of rotatable bonds is 3. The van der Waals surface area contributed by atoms with Gasteiger partial charge in [-0.3, -0.25) is 0 Å². The van der Waals surface area contributed by atoms with E-state index < -0.39 is 17.2 Å². The first kappa shape index (κ1) is 12.7. The van der Waals surface area contributed by atoms with Crippen LogP contribution < -0.4 is 0 Å². The average molecular weight is 224 g/mol. The van der Waals surface area contributed by atoms with E-state index in [0.717, 1.165) is 6.07 Å². The lowest BCUT2D eigenvalue weighted by atomic mass is 9.90. The van der Waals surface area contributed by atoms with E-state index in [1.165, 1.54) is 19.1 Å². The number of benzene rings is 1. The molecule has 0 aliphatic heterocycles. The Bertz CT molecular complexity index is 427. The molecule has 3 heteroatoms. The molecule has 1 aromatic carbocycles. The lowest BCUT2D eigenvalue weighted by Gasteiger charge is -2.23. The average Bonchev–Trinajstić information content (AvgIpc) is 2.22. The molecule has 0 radical (unpaired) electrons. The zero-order valence-electron chi connectivity index (χ0n) is 9.35. The zero-order chi connectivity index (χ0) is 12.2. The third-order valence-electron chi connectivity index (χ3n) is 2.45. The molecule has 0 saturated heterocycles. The largest absolute Gasteiger partial charge is 0.385 e. The maximum atomic E-state index is 13.4. The fourth-order valence-corrected chi connectivity index (χ4v) is 1.49. The van der Waals surface area contributed by atoms with E-state index in [1.807, 2.05) is 0 Å². The van der Waals surface area contributed by atoms with Crippen LogP contribution in [0.15, 0.2) is 18.2 Å². The summed E-state index contributed by atoms with van der Waals surface area (Å²) in [7, 11) is 0. The molecule has 1 aromatic rings. The first-order valence-electron chi connectivity index (χ1n) is 5.05. The Morgan fingerprint density at radius 3 is 2.69 bits per heavy atom. The molecule has 0 aliphatic carbocycles. The quantitative estimate of drug-likeness (QED) is 0.782. The summed E-state index contributed by atoms with van der Waals surface area (Å²) in [5, 5.41) is 10.0.